The molecule has 2 aromatic carbocycles. The molecule has 2 rings (SSSR count). The maximum atomic E-state index is 12.3. The smallest absolute Gasteiger partial charge is 0.251 e. The van der Waals surface area contributed by atoms with Gasteiger partial charge in [0.1, 0.15) is 0 Å². The number of rotatable bonds is 11. The molecule has 0 saturated heterocycles. The van der Waals surface area contributed by atoms with Gasteiger partial charge in [-0.05, 0) is 61.6 Å². The van der Waals surface area contributed by atoms with Crippen molar-refractivity contribution in [3.8, 4) is 0 Å². The molecule has 0 aromatic heterocycles. The lowest BCUT2D eigenvalue weighted by molar-refractivity contribution is -0.893. The average Bonchev–Trinajstić information content (AvgIpc) is 2.68. The Morgan fingerprint density at radius 3 is 2.52 bits per heavy atom. The van der Waals surface area contributed by atoms with Crippen molar-refractivity contribution in [1.82, 2.24) is 5.32 Å². The molecule has 158 valence electrons. The van der Waals surface area contributed by atoms with Crippen LogP contribution in [0.15, 0.2) is 48.5 Å². The van der Waals surface area contributed by atoms with Gasteiger partial charge in [0.25, 0.3) is 5.91 Å². The number of anilines is 1. The topological polar surface area (TPSA) is 55.1 Å². The number of aryl methyl sites for hydroxylation is 1. The van der Waals surface area contributed by atoms with Gasteiger partial charge in [0.15, 0.2) is 0 Å². The van der Waals surface area contributed by atoms with E-state index in [4.69, 9.17) is 17.3 Å². The molecule has 0 bridgehead atoms. The fourth-order valence-corrected chi connectivity index (χ4v) is 4.01. The second-order valence-electron chi connectivity index (χ2n) is 8.54. The molecular formula is C24H35ClN3O+. The molecule has 0 aliphatic heterocycles. The molecule has 29 heavy (non-hydrogen) atoms. The molecule has 1 atom stereocenters. The van der Waals surface area contributed by atoms with Crippen molar-refractivity contribution in [3.63, 3.8) is 0 Å². The van der Waals surface area contributed by atoms with Crippen LogP contribution in [0.4, 0.5) is 5.69 Å². The normalized spacial score (nSPS) is 12.6. The van der Waals surface area contributed by atoms with E-state index >= 15 is 0 Å². The van der Waals surface area contributed by atoms with Gasteiger partial charge in [-0.2, -0.15) is 0 Å². The minimum atomic E-state index is 0.00940. The molecule has 0 heterocycles. The summed E-state index contributed by atoms with van der Waals surface area (Å²) in [4.78, 5) is 12.3. The van der Waals surface area contributed by atoms with Crippen molar-refractivity contribution in [2.45, 2.75) is 32.6 Å². The van der Waals surface area contributed by atoms with Crippen LogP contribution in [0.2, 0.25) is 5.02 Å². The summed E-state index contributed by atoms with van der Waals surface area (Å²) in [6.45, 7) is 5.07. The van der Waals surface area contributed by atoms with Gasteiger partial charge >= 0.3 is 0 Å². The number of benzene rings is 2. The second kappa shape index (κ2) is 11.2. The van der Waals surface area contributed by atoms with Crippen molar-refractivity contribution in [2.24, 2.45) is 5.92 Å². The highest BCUT2D eigenvalue weighted by Gasteiger charge is 2.21. The third kappa shape index (κ3) is 8.46. The van der Waals surface area contributed by atoms with Crippen LogP contribution < -0.4 is 11.1 Å². The molecule has 0 aliphatic rings. The van der Waals surface area contributed by atoms with Crippen LogP contribution >= 0.6 is 11.6 Å². The lowest BCUT2D eigenvalue weighted by Gasteiger charge is -2.33. The zero-order chi connectivity index (χ0) is 21.3. The van der Waals surface area contributed by atoms with E-state index in [0.717, 1.165) is 54.5 Å². The molecule has 4 nitrogen and oxygen atoms in total. The molecule has 1 unspecified atom stereocenters. The molecule has 0 fully saturated rings. The zero-order valence-electron chi connectivity index (χ0n) is 18.0. The monoisotopic (exact) mass is 416 g/mol. The fourth-order valence-electron chi connectivity index (χ4n) is 3.75. The van der Waals surface area contributed by atoms with Crippen molar-refractivity contribution in [2.75, 3.05) is 39.5 Å². The molecule has 0 aliphatic carbocycles. The van der Waals surface area contributed by atoms with Crippen LogP contribution in [-0.2, 0) is 6.42 Å². The average molecular weight is 417 g/mol. The van der Waals surface area contributed by atoms with Gasteiger partial charge in [-0.25, -0.2) is 0 Å². The first kappa shape index (κ1) is 23.2. The predicted molar refractivity (Wildman–Crippen MR) is 123 cm³/mol. The summed E-state index contributed by atoms with van der Waals surface area (Å²) < 4.78 is 0.956. The van der Waals surface area contributed by atoms with Gasteiger partial charge in [0, 0.05) is 28.7 Å². The minimum absolute atomic E-state index is 0.00940. The Bertz CT molecular complexity index is 757. The Kier molecular flexibility index (Phi) is 8.99. The Morgan fingerprint density at radius 2 is 1.86 bits per heavy atom. The molecule has 0 spiro atoms. The second-order valence-corrected chi connectivity index (χ2v) is 8.98. The summed E-state index contributed by atoms with van der Waals surface area (Å²) in [5.41, 5.74) is 8.53. The highest BCUT2D eigenvalue weighted by Crippen LogP contribution is 2.19. The number of nitrogens with zero attached hydrogens (tertiary/aromatic N) is 1. The maximum absolute atomic E-state index is 12.3. The van der Waals surface area contributed by atoms with E-state index in [9.17, 15) is 4.79 Å². The van der Waals surface area contributed by atoms with Crippen LogP contribution in [0.5, 0.6) is 0 Å². The molecule has 0 radical (unpaired) electrons. The van der Waals surface area contributed by atoms with Gasteiger partial charge < -0.3 is 15.5 Å². The van der Waals surface area contributed by atoms with E-state index in [1.54, 1.807) is 6.07 Å². The van der Waals surface area contributed by atoms with E-state index in [1.807, 2.05) is 42.5 Å². The molecule has 5 heteroatoms. The molecule has 2 aromatic rings. The maximum Gasteiger partial charge on any atom is 0.251 e. The standard InChI is InChI=1S/C24H34ClN3O/c1-4-19(17-27-24(29)21-11-6-5-7-12-21)18-28(2,3)13-9-8-10-20-14-22(25)16-23(26)15-20/h5-7,11-12,14-16,19H,4,8-10,13,17-18,26H2,1-3H3/p+1. The SMILES string of the molecule is CCC(CNC(=O)c1ccccc1)C[N+](C)(C)CCCCc1cc(N)cc(Cl)c1. The lowest BCUT2D eigenvalue weighted by atomic mass is 10.0. The molecule has 1 amide bonds. The Hall–Kier alpha value is -2.04. The van der Waals surface area contributed by atoms with E-state index < -0.39 is 0 Å². The lowest BCUT2D eigenvalue weighted by Crippen LogP contribution is -2.46. The van der Waals surface area contributed by atoms with E-state index in [-0.39, 0.29) is 5.91 Å². The van der Waals surface area contributed by atoms with Crippen molar-refractivity contribution >= 4 is 23.2 Å². The van der Waals surface area contributed by atoms with Crippen LogP contribution in [0.25, 0.3) is 0 Å². The number of unbranched alkanes of at least 4 members (excludes halogenated alkanes) is 1. The first-order valence-corrected chi connectivity index (χ1v) is 10.9. The summed E-state index contributed by atoms with van der Waals surface area (Å²) in [6, 6.07) is 15.2. The Labute approximate surface area is 180 Å². The number of halogens is 1. The van der Waals surface area contributed by atoms with Crippen molar-refractivity contribution in [3.05, 3.63) is 64.7 Å². The number of hydrogen-bond acceptors (Lipinski definition) is 2. The highest BCUT2D eigenvalue weighted by atomic mass is 35.5. The quantitative estimate of drug-likeness (QED) is 0.314. The number of quaternary nitrogens is 1. The third-order valence-electron chi connectivity index (χ3n) is 5.38. The number of carbonyl (C=O) groups excluding carboxylic acids is 1. The third-order valence-corrected chi connectivity index (χ3v) is 5.59. The van der Waals surface area contributed by atoms with E-state index in [2.05, 4.69) is 26.3 Å². The summed E-state index contributed by atoms with van der Waals surface area (Å²) in [7, 11) is 4.55. The summed E-state index contributed by atoms with van der Waals surface area (Å²) in [5.74, 6) is 0.473. The van der Waals surface area contributed by atoms with E-state index in [0.29, 0.717) is 17.5 Å². The van der Waals surface area contributed by atoms with Gasteiger partial charge in [-0.3, -0.25) is 4.79 Å². The van der Waals surface area contributed by atoms with Crippen LogP contribution in [0.1, 0.15) is 42.1 Å². The predicted octanol–water partition coefficient (Wildman–Crippen LogP) is 4.78. The fraction of sp³-hybridized carbons (Fsp3) is 0.458. The summed E-state index contributed by atoms with van der Waals surface area (Å²) >= 11 is 6.09. The summed E-state index contributed by atoms with van der Waals surface area (Å²) in [5, 5.41) is 3.81. The van der Waals surface area contributed by atoms with Crippen molar-refractivity contribution < 1.29 is 9.28 Å². The summed E-state index contributed by atoms with van der Waals surface area (Å²) in [6.07, 6.45) is 4.31. The molecular weight excluding hydrogens is 382 g/mol. The van der Waals surface area contributed by atoms with Crippen LogP contribution in [-0.4, -0.2) is 44.1 Å². The number of hydrogen-bond donors (Lipinski definition) is 2. The van der Waals surface area contributed by atoms with Gasteiger partial charge in [0.05, 0.1) is 27.2 Å². The zero-order valence-corrected chi connectivity index (χ0v) is 18.7. The Balaban J connectivity index is 1.74. The van der Waals surface area contributed by atoms with Crippen molar-refractivity contribution in [1.29, 1.82) is 0 Å². The Morgan fingerprint density at radius 1 is 1.14 bits per heavy atom. The highest BCUT2D eigenvalue weighted by molar-refractivity contribution is 6.30. The number of carbonyl (C=O) groups is 1. The largest absolute Gasteiger partial charge is 0.399 e. The van der Waals surface area contributed by atoms with Crippen LogP contribution in [0, 0.1) is 5.92 Å². The van der Waals surface area contributed by atoms with Gasteiger partial charge in [0.2, 0.25) is 0 Å². The van der Waals surface area contributed by atoms with E-state index in [1.165, 1.54) is 5.56 Å². The number of nitrogens with two attached hydrogens (primary N) is 1. The number of amides is 1. The first-order valence-electron chi connectivity index (χ1n) is 10.5. The first-order chi connectivity index (χ1) is 13.8. The van der Waals surface area contributed by atoms with Gasteiger partial charge in [-0.15, -0.1) is 0 Å². The number of nitrogen functional groups attached to an aromatic ring is 1. The molecule has 3 N–H and O–H groups in total. The minimum Gasteiger partial charge on any atom is -0.399 e. The number of nitrogens with one attached hydrogen (secondary N) is 1. The molecule has 0 saturated carbocycles. The van der Waals surface area contributed by atoms with Crippen LogP contribution in [0.3, 0.4) is 0 Å². The van der Waals surface area contributed by atoms with Gasteiger partial charge in [-0.1, -0.05) is 36.7 Å².